The Bertz CT molecular complexity index is 486. The molecular weight excluding hydrogens is 278 g/mol. The average Bonchev–Trinajstić information content (AvgIpc) is 2.41. The first-order valence-corrected chi connectivity index (χ1v) is 7.12. The molecule has 0 aliphatic heterocycles. The Hall–Kier alpha value is -1.33. The van der Waals surface area contributed by atoms with Gasteiger partial charge in [0, 0.05) is 13.2 Å². The van der Waals surface area contributed by atoms with Gasteiger partial charge in [-0.15, -0.1) is 6.58 Å². The molecule has 20 heavy (non-hydrogen) atoms. The summed E-state index contributed by atoms with van der Waals surface area (Å²) in [6, 6.07) is 0. The fraction of sp³-hybridized carbons (Fsp3) is 0.571. The van der Waals surface area contributed by atoms with Crippen molar-refractivity contribution in [2.75, 3.05) is 25.1 Å². The van der Waals surface area contributed by atoms with E-state index in [2.05, 4.69) is 30.8 Å². The molecule has 1 aromatic rings. The van der Waals surface area contributed by atoms with Gasteiger partial charge in [0.25, 0.3) is 5.56 Å². The summed E-state index contributed by atoms with van der Waals surface area (Å²) in [6.45, 7) is 10.1. The van der Waals surface area contributed by atoms with Crippen LogP contribution in [0.4, 0.5) is 5.69 Å². The largest absolute Gasteiger partial charge is 0.380 e. The molecule has 0 aromatic carbocycles. The van der Waals surface area contributed by atoms with E-state index in [0.717, 1.165) is 13.0 Å². The number of halogens is 1. The van der Waals surface area contributed by atoms with Crippen LogP contribution in [0.2, 0.25) is 5.02 Å². The lowest BCUT2D eigenvalue weighted by Crippen LogP contribution is -2.24. The van der Waals surface area contributed by atoms with E-state index >= 15 is 0 Å². The standard InChI is InChI=1S/C14H22ClN3O2/c1-4-7-18-14(19)13(15)12(10-17-18)16-6-9-20-8-5-11(2)3/h4,10-11,16H,1,5-9H2,2-3H3. The lowest BCUT2D eigenvalue weighted by Gasteiger charge is -2.10. The highest BCUT2D eigenvalue weighted by molar-refractivity contribution is 6.32. The predicted molar refractivity (Wildman–Crippen MR) is 82.5 cm³/mol. The van der Waals surface area contributed by atoms with Crippen LogP contribution < -0.4 is 10.9 Å². The second-order valence-corrected chi connectivity index (χ2v) is 5.25. The Morgan fingerprint density at radius 3 is 2.95 bits per heavy atom. The van der Waals surface area contributed by atoms with Crippen LogP contribution in [0.25, 0.3) is 0 Å². The van der Waals surface area contributed by atoms with Gasteiger partial charge in [0.05, 0.1) is 25.0 Å². The molecule has 0 bridgehead atoms. The Balaban J connectivity index is 2.43. The highest BCUT2D eigenvalue weighted by atomic mass is 35.5. The Morgan fingerprint density at radius 1 is 1.55 bits per heavy atom. The van der Waals surface area contributed by atoms with E-state index in [-0.39, 0.29) is 10.6 Å². The van der Waals surface area contributed by atoms with Crippen LogP contribution in [0.1, 0.15) is 20.3 Å². The third-order valence-corrected chi connectivity index (χ3v) is 3.05. The van der Waals surface area contributed by atoms with Gasteiger partial charge >= 0.3 is 0 Å². The number of nitrogens with one attached hydrogen (secondary N) is 1. The third-order valence-electron chi connectivity index (χ3n) is 2.69. The van der Waals surface area contributed by atoms with Crippen LogP contribution in [0, 0.1) is 5.92 Å². The summed E-state index contributed by atoms with van der Waals surface area (Å²) in [7, 11) is 0. The minimum atomic E-state index is -0.322. The summed E-state index contributed by atoms with van der Waals surface area (Å²) in [5.74, 6) is 0.638. The maximum Gasteiger partial charge on any atom is 0.287 e. The van der Waals surface area contributed by atoms with Gasteiger partial charge in [-0.25, -0.2) is 4.68 Å². The van der Waals surface area contributed by atoms with Gasteiger partial charge in [-0.05, 0) is 12.3 Å². The number of hydrogen-bond donors (Lipinski definition) is 1. The van der Waals surface area contributed by atoms with Gasteiger partial charge in [-0.1, -0.05) is 31.5 Å². The minimum absolute atomic E-state index is 0.143. The molecule has 112 valence electrons. The molecule has 0 saturated carbocycles. The molecule has 6 heteroatoms. The Morgan fingerprint density at radius 2 is 2.30 bits per heavy atom. The molecule has 5 nitrogen and oxygen atoms in total. The first-order valence-electron chi connectivity index (χ1n) is 6.74. The minimum Gasteiger partial charge on any atom is -0.380 e. The monoisotopic (exact) mass is 299 g/mol. The second-order valence-electron chi connectivity index (χ2n) is 4.87. The maximum absolute atomic E-state index is 11.8. The molecule has 0 spiro atoms. The van der Waals surface area contributed by atoms with Crippen molar-refractivity contribution in [2.24, 2.45) is 5.92 Å². The molecule has 0 fully saturated rings. The van der Waals surface area contributed by atoms with Gasteiger partial charge < -0.3 is 10.1 Å². The van der Waals surface area contributed by atoms with Crippen molar-refractivity contribution in [3.05, 3.63) is 34.2 Å². The second kappa shape index (κ2) is 8.76. The van der Waals surface area contributed by atoms with Gasteiger partial charge in [0.2, 0.25) is 0 Å². The molecule has 1 heterocycles. The zero-order valence-corrected chi connectivity index (χ0v) is 12.8. The van der Waals surface area contributed by atoms with Crippen molar-refractivity contribution < 1.29 is 4.74 Å². The quantitative estimate of drug-likeness (QED) is 0.562. The Labute approximate surface area is 124 Å². The highest BCUT2D eigenvalue weighted by Crippen LogP contribution is 2.14. The number of hydrogen-bond acceptors (Lipinski definition) is 4. The fourth-order valence-corrected chi connectivity index (χ4v) is 1.73. The zero-order chi connectivity index (χ0) is 15.0. The van der Waals surface area contributed by atoms with Gasteiger partial charge in [-0.3, -0.25) is 4.79 Å². The summed E-state index contributed by atoms with van der Waals surface area (Å²) < 4.78 is 6.74. The molecule has 0 aliphatic carbocycles. The van der Waals surface area contributed by atoms with Crippen LogP contribution in [-0.2, 0) is 11.3 Å². The smallest absolute Gasteiger partial charge is 0.287 e. The van der Waals surface area contributed by atoms with Crippen LogP contribution in [0.15, 0.2) is 23.6 Å². The van der Waals surface area contributed by atoms with Crippen molar-refractivity contribution >= 4 is 17.3 Å². The van der Waals surface area contributed by atoms with Crippen LogP contribution in [-0.4, -0.2) is 29.5 Å². The topological polar surface area (TPSA) is 56.1 Å². The molecule has 0 atom stereocenters. The zero-order valence-electron chi connectivity index (χ0n) is 12.1. The lowest BCUT2D eigenvalue weighted by atomic mass is 10.1. The molecule has 0 amide bonds. The summed E-state index contributed by atoms with van der Waals surface area (Å²) in [5, 5.41) is 7.21. The number of ether oxygens (including phenoxy) is 1. The van der Waals surface area contributed by atoms with E-state index < -0.39 is 0 Å². The van der Waals surface area contributed by atoms with Gasteiger partial charge in [0.1, 0.15) is 5.02 Å². The first-order chi connectivity index (χ1) is 9.56. The van der Waals surface area contributed by atoms with Crippen molar-refractivity contribution in [3.63, 3.8) is 0 Å². The summed E-state index contributed by atoms with van der Waals surface area (Å²) in [4.78, 5) is 11.8. The molecule has 0 saturated heterocycles. The Kier molecular flexibility index (Phi) is 7.33. The van der Waals surface area contributed by atoms with Crippen LogP contribution in [0.3, 0.4) is 0 Å². The number of anilines is 1. The summed E-state index contributed by atoms with van der Waals surface area (Å²) in [6.07, 6.45) is 4.18. The lowest BCUT2D eigenvalue weighted by molar-refractivity contribution is 0.132. The summed E-state index contributed by atoms with van der Waals surface area (Å²) >= 11 is 6.00. The normalized spacial score (nSPS) is 10.8. The molecule has 0 unspecified atom stereocenters. The molecule has 1 aromatic heterocycles. The van der Waals surface area contributed by atoms with Crippen molar-refractivity contribution in [1.82, 2.24) is 9.78 Å². The van der Waals surface area contributed by atoms with Crippen molar-refractivity contribution in [2.45, 2.75) is 26.8 Å². The number of nitrogens with zero attached hydrogens (tertiary/aromatic N) is 2. The van der Waals surface area contributed by atoms with E-state index in [4.69, 9.17) is 16.3 Å². The van der Waals surface area contributed by atoms with Crippen molar-refractivity contribution in [3.8, 4) is 0 Å². The molecule has 0 radical (unpaired) electrons. The molecular formula is C14H22ClN3O2. The van der Waals surface area contributed by atoms with E-state index in [1.807, 2.05) is 0 Å². The molecule has 0 aliphatic rings. The average molecular weight is 300 g/mol. The number of aromatic nitrogens is 2. The van der Waals surface area contributed by atoms with E-state index in [9.17, 15) is 4.79 Å². The summed E-state index contributed by atoms with van der Waals surface area (Å²) in [5.41, 5.74) is 0.210. The maximum atomic E-state index is 11.8. The van der Waals surface area contributed by atoms with Gasteiger partial charge in [-0.2, -0.15) is 5.10 Å². The molecule has 1 N–H and O–H groups in total. The number of rotatable bonds is 9. The van der Waals surface area contributed by atoms with E-state index in [1.54, 1.807) is 12.3 Å². The van der Waals surface area contributed by atoms with E-state index in [0.29, 0.717) is 31.3 Å². The SMILES string of the molecule is C=CCn1ncc(NCCOCCC(C)C)c(Cl)c1=O. The van der Waals surface area contributed by atoms with Crippen molar-refractivity contribution in [1.29, 1.82) is 0 Å². The predicted octanol–water partition coefficient (Wildman–Crippen LogP) is 2.56. The first kappa shape index (κ1) is 16.7. The van der Waals surface area contributed by atoms with Crippen LogP contribution in [0.5, 0.6) is 0 Å². The molecule has 1 rings (SSSR count). The number of allylic oxidation sites excluding steroid dienone is 1. The van der Waals surface area contributed by atoms with Gasteiger partial charge in [0.15, 0.2) is 0 Å². The fourth-order valence-electron chi connectivity index (χ4n) is 1.52. The van der Waals surface area contributed by atoms with Crippen LogP contribution >= 0.6 is 11.6 Å². The third kappa shape index (κ3) is 5.35. The highest BCUT2D eigenvalue weighted by Gasteiger charge is 2.07. The van der Waals surface area contributed by atoms with E-state index in [1.165, 1.54) is 4.68 Å².